The number of hydrogen-bond acceptors (Lipinski definition) is 4. The van der Waals surface area contributed by atoms with Gasteiger partial charge in [0.05, 0.1) is 6.61 Å². The highest BCUT2D eigenvalue weighted by atomic mass is 32.3. The molecule has 1 heterocycles. The zero-order valence-electron chi connectivity index (χ0n) is 14.8. The predicted octanol–water partition coefficient (Wildman–Crippen LogP) is 5.37. The van der Waals surface area contributed by atoms with Crippen LogP contribution in [-0.4, -0.2) is 32.0 Å². The van der Waals surface area contributed by atoms with Crippen LogP contribution in [0.4, 0.5) is 13.2 Å². The van der Waals surface area contributed by atoms with Gasteiger partial charge in [0.2, 0.25) is 0 Å². The molecule has 0 amide bonds. The van der Waals surface area contributed by atoms with Crippen LogP contribution in [0.15, 0.2) is 41.3 Å². The van der Waals surface area contributed by atoms with Crippen molar-refractivity contribution in [2.75, 3.05) is 18.1 Å². The lowest BCUT2D eigenvalue weighted by atomic mass is 10.1. The number of rotatable bonds is 6. The monoisotopic (exact) mass is 422 g/mol. The first-order valence-electron chi connectivity index (χ1n) is 8.66. The molecule has 2 aromatic rings. The lowest BCUT2D eigenvalue weighted by Gasteiger charge is -2.35. The molecule has 0 bridgehead atoms. The highest BCUT2D eigenvalue weighted by Gasteiger charge is 2.52. The van der Waals surface area contributed by atoms with Crippen molar-refractivity contribution in [3.05, 3.63) is 36.4 Å². The second-order valence-corrected chi connectivity index (χ2v) is 11.1. The van der Waals surface area contributed by atoms with Crippen LogP contribution < -0.4 is 4.74 Å². The van der Waals surface area contributed by atoms with Crippen molar-refractivity contribution in [3.8, 4) is 5.75 Å². The largest absolute Gasteiger partial charge is 0.523 e. The van der Waals surface area contributed by atoms with Crippen LogP contribution in [0.1, 0.15) is 26.2 Å². The van der Waals surface area contributed by atoms with Gasteiger partial charge in [0.15, 0.2) is 0 Å². The van der Waals surface area contributed by atoms with Gasteiger partial charge in [-0.3, -0.25) is 0 Å². The van der Waals surface area contributed by atoms with Crippen molar-refractivity contribution in [1.82, 2.24) is 0 Å². The summed E-state index contributed by atoms with van der Waals surface area (Å²) < 4.78 is 73.2. The Bertz CT molecular complexity index is 920. The number of fused-ring (bicyclic) bond motifs is 1. The van der Waals surface area contributed by atoms with E-state index in [1.165, 1.54) is 0 Å². The summed E-state index contributed by atoms with van der Waals surface area (Å²) in [5.74, 6) is 1.21. The van der Waals surface area contributed by atoms with Crippen LogP contribution in [-0.2, 0) is 13.7 Å². The normalized spacial score (nSPS) is 18.5. The number of benzene rings is 2. The molecule has 27 heavy (non-hydrogen) atoms. The summed E-state index contributed by atoms with van der Waals surface area (Å²) in [6.07, 6.45) is 2.08. The minimum absolute atomic E-state index is 0.293. The van der Waals surface area contributed by atoms with Gasteiger partial charge >= 0.3 is 15.6 Å². The summed E-state index contributed by atoms with van der Waals surface area (Å²) >= 11 is 0. The highest BCUT2D eigenvalue weighted by molar-refractivity contribution is 8.33. The Labute approximate surface area is 158 Å². The molecule has 150 valence electrons. The van der Waals surface area contributed by atoms with Gasteiger partial charge in [-0.05, 0) is 36.8 Å². The fourth-order valence-electron chi connectivity index (χ4n) is 3.21. The van der Waals surface area contributed by atoms with Gasteiger partial charge in [0, 0.05) is 21.8 Å². The maximum atomic E-state index is 13.0. The third-order valence-electron chi connectivity index (χ3n) is 4.41. The molecule has 0 radical (unpaired) electrons. The van der Waals surface area contributed by atoms with Gasteiger partial charge in [-0.15, -0.1) is 0 Å². The second-order valence-electron chi connectivity index (χ2n) is 6.35. The summed E-state index contributed by atoms with van der Waals surface area (Å²) in [6, 6.07) is 10.6. The van der Waals surface area contributed by atoms with E-state index in [-0.39, 0.29) is 0 Å². The Hall–Kier alpha value is -1.45. The van der Waals surface area contributed by atoms with Crippen molar-refractivity contribution in [1.29, 1.82) is 0 Å². The first kappa shape index (κ1) is 20.3. The second kappa shape index (κ2) is 7.52. The van der Waals surface area contributed by atoms with E-state index in [1.807, 2.05) is 19.1 Å². The van der Waals surface area contributed by atoms with E-state index in [4.69, 9.17) is 8.37 Å². The average Bonchev–Trinajstić information content (AvgIpc) is 3.07. The van der Waals surface area contributed by atoms with E-state index >= 15 is 0 Å². The molecule has 0 aliphatic carbocycles. The van der Waals surface area contributed by atoms with E-state index in [9.17, 15) is 21.6 Å². The average molecular weight is 422 g/mol. The van der Waals surface area contributed by atoms with Crippen LogP contribution in [0.2, 0.25) is 0 Å². The molecule has 0 aromatic heterocycles. The summed E-state index contributed by atoms with van der Waals surface area (Å²) in [5, 5.41) is 1.43. The molecule has 4 nitrogen and oxygen atoms in total. The Kier molecular flexibility index (Phi) is 5.65. The van der Waals surface area contributed by atoms with Gasteiger partial charge in [0.1, 0.15) is 5.75 Å². The predicted molar refractivity (Wildman–Crippen MR) is 101 cm³/mol. The first-order chi connectivity index (χ1) is 12.7. The van der Waals surface area contributed by atoms with Gasteiger partial charge in [-0.2, -0.15) is 21.6 Å². The van der Waals surface area contributed by atoms with Crippen LogP contribution in [0.5, 0.6) is 5.75 Å². The van der Waals surface area contributed by atoms with Gasteiger partial charge in [-0.25, -0.2) is 3.63 Å². The molecule has 3 rings (SSSR count). The Balaban J connectivity index is 2.13. The number of alkyl halides is 3. The van der Waals surface area contributed by atoms with E-state index in [2.05, 4.69) is 0 Å². The van der Waals surface area contributed by atoms with Gasteiger partial charge in [0.25, 0.3) is 0 Å². The van der Waals surface area contributed by atoms with Crippen LogP contribution in [0.25, 0.3) is 10.8 Å². The molecule has 1 saturated heterocycles. The zero-order valence-corrected chi connectivity index (χ0v) is 16.4. The molecule has 0 saturated carbocycles. The summed E-state index contributed by atoms with van der Waals surface area (Å²) in [6.45, 7) is 2.49. The molecule has 0 N–H and O–H groups in total. The number of hydrogen-bond donors (Lipinski definition) is 0. The Morgan fingerprint density at radius 2 is 1.67 bits per heavy atom. The maximum absolute atomic E-state index is 13.0. The van der Waals surface area contributed by atoms with E-state index < -0.39 is 25.9 Å². The quantitative estimate of drug-likeness (QED) is 0.588. The fraction of sp³-hybridized carbons (Fsp3) is 0.444. The van der Waals surface area contributed by atoms with Crippen LogP contribution in [0, 0.1) is 0 Å². The Morgan fingerprint density at radius 3 is 2.26 bits per heavy atom. The molecule has 1 fully saturated rings. The lowest BCUT2D eigenvalue weighted by molar-refractivity contribution is -0.0496. The molecule has 0 spiro atoms. The van der Waals surface area contributed by atoms with E-state index in [0.29, 0.717) is 47.0 Å². The van der Waals surface area contributed by atoms with Gasteiger partial charge in [-0.1, -0.05) is 41.5 Å². The summed E-state index contributed by atoms with van der Waals surface area (Å²) in [4.78, 5) is 0.535. The molecular weight excluding hydrogens is 401 g/mol. The third kappa shape index (κ3) is 3.90. The smallest absolute Gasteiger partial charge is 0.493 e. The van der Waals surface area contributed by atoms with Crippen LogP contribution in [0.3, 0.4) is 0 Å². The van der Waals surface area contributed by atoms with Crippen molar-refractivity contribution in [2.24, 2.45) is 0 Å². The topological polar surface area (TPSA) is 52.6 Å². The minimum atomic E-state index is -5.67. The van der Waals surface area contributed by atoms with Crippen molar-refractivity contribution in [3.63, 3.8) is 0 Å². The maximum Gasteiger partial charge on any atom is 0.523 e. The van der Waals surface area contributed by atoms with Gasteiger partial charge < -0.3 is 4.74 Å². The highest BCUT2D eigenvalue weighted by Crippen LogP contribution is 2.65. The molecule has 1 aliphatic rings. The fourth-order valence-corrected chi connectivity index (χ4v) is 8.61. The molecule has 2 aromatic carbocycles. The first-order valence-corrected chi connectivity index (χ1v) is 12.0. The van der Waals surface area contributed by atoms with Crippen molar-refractivity contribution < 1.29 is 30.0 Å². The zero-order chi connectivity index (χ0) is 19.7. The summed E-state index contributed by atoms with van der Waals surface area (Å²) in [5.41, 5.74) is -5.43. The third-order valence-corrected chi connectivity index (χ3v) is 9.79. The van der Waals surface area contributed by atoms with Crippen molar-refractivity contribution in [2.45, 2.75) is 36.6 Å². The summed E-state index contributed by atoms with van der Waals surface area (Å²) in [7, 11) is -8.28. The molecule has 0 atom stereocenters. The Morgan fingerprint density at radius 1 is 1.04 bits per heavy atom. The van der Waals surface area contributed by atoms with E-state index in [0.717, 1.165) is 11.8 Å². The van der Waals surface area contributed by atoms with Crippen molar-refractivity contribution >= 4 is 31.2 Å². The van der Waals surface area contributed by atoms with Crippen LogP contribution >= 0.6 is 10.3 Å². The SMILES string of the molecule is CCCOc1ccc(S2(OS(=O)(=O)C(F)(F)F)CCCC2)c2ccccc12. The molecule has 0 unspecified atom stereocenters. The number of halogens is 3. The molecule has 9 heteroatoms. The minimum Gasteiger partial charge on any atom is -0.493 e. The molecular formula is C18H21F3O4S2. The lowest BCUT2D eigenvalue weighted by Crippen LogP contribution is -2.27. The molecule has 1 aliphatic heterocycles. The number of ether oxygens (including phenoxy) is 1. The van der Waals surface area contributed by atoms with E-state index in [1.54, 1.807) is 24.3 Å². The standard InChI is InChI=1S/C18H21F3O4S2/c1-2-11-24-16-9-10-17(15-8-4-3-7-14(15)16)26(12-5-6-13-26)25-27(22,23)18(19,20)21/h3-4,7-10H,2,5-6,11-13H2,1H3.